The van der Waals surface area contributed by atoms with E-state index in [9.17, 15) is 4.79 Å². The third-order valence-corrected chi connectivity index (χ3v) is 2.95. The van der Waals surface area contributed by atoms with Crippen LogP contribution in [0.5, 0.6) is 5.75 Å². The number of carbonyl (C=O) groups is 1. The predicted octanol–water partition coefficient (Wildman–Crippen LogP) is 1.99. The van der Waals surface area contributed by atoms with Gasteiger partial charge in [0.05, 0.1) is 13.2 Å². The van der Waals surface area contributed by atoms with Gasteiger partial charge in [-0.3, -0.25) is 4.79 Å². The number of carbonyl (C=O) groups excluding carboxylic acids is 1. The quantitative estimate of drug-likeness (QED) is 0.703. The second-order valence-corrected chi connectivity index (χ2v) is 4.29. The zero-order valence-corrected chi connectivity index (χ0v) is 12.5. The molecule has 0 atom stereocenters. The Bertz CT molecular complexity index is 406. The predicted molar refractivity (Wildman–Crippen MR) is 80.2 cm³/mol. The van der Waals surface area contributed by atoms with Crippen LogP contribution in [-0.2, 0) is 9.53 Å². The van der Waals surface area contributed by atoms with Crippen molar-refractivity contribution in [1.29, 1.82) is 0 Å². The minimum Gasteiger partial charge on any atom is -0.491 e. The smallest absolute Gasteiger partial charge is 0.241 e. The number of amides is 1. The lowest BCUT2D eigenvalue weighted by atomic mass is 10.3. The maximum absolute atomic E-state index is 11.9. The first-order chi connectivity index (χ1) is 9.71. The largest absolute Gasteiger partial charge is 0.491 e. The van der Waals surface area contributed by atoms with E-state index in [2.05, 4.69) is 5.32 Å². The highest BCUT2D eigenvalue weighted by molar-refractivity contribution is 5.80. The molecule has 1 aromatic rings. The molecule has 0 spiro atoms. The lowest BCUT2D eigenvalue weighted by Crippen LogP contribution is -2.35. The van der Waals surface area contributed by atoms with E-state index in [4.69, 9.17) is 9.47 Å². The van der Waals surface area contributed by atoms with Crippen molar-refractivity contribution in [2.75, 3.05) is 45.3 Å². The highest BCUT2D eigenvalue weighted by atomic mass is 16.5. The van der Waals surface area contributed by atoms with Crippen LogP contribution in [0.4, 0.5) is 5.69 Å². The molecule has 0 fully saturated rings. The topological polar surface area (TPSA) is 50.8 Å². The zero-order valence-electron chi connectivity index (χ0n) is 12.5. The summed E-state index contributed by atoms with van der Waals surface area (Å²) < 4.78 is 10.5. The van der Waals surface area contributed by atoms with Crippen molar-refractivity contribution in [3.63, 3.8) is 0 Å². The maximum Gasteiger partial charge on any atom is 0.241 e. The van der Waals surface area contributed by atoms with Gasteiger partial charge in [-0.1, -0.05) is 6.07 Å². The van der Waals surface area contributed by atoms with E-state index in [-0.39, 0.29) is 5.91 Å². The molecular weight excluding hydrogens is 256 g/mol. The number of nitrogens with one attached hydrogen (secondary N) is 1. The fourth-order valence-corrected chi connectivity index (χ4v) is 1.80. The molecule has 0 bridgehead atoms. The molecular formula is C15H24N2O3. The number of rotatable bonds is 9. The van der Waals surface area contributed by atoms with Gasteiger partial charge in [0.15, 0.2) is 0 Å². The van der Waals surface area contributed by atoms with Crippen molar-refractivity contribution in [2.45, 2.75) is 13.8 Å². The molecule has 0 saturated carbocycles. The van der Waals surface area contributed by atoms with Crippen molar-refractivity contribution < 1.29 is 14.3 Å². The van der Waals surface area contributed by atoms with Crippen molar-refractivity contribution in [3.8, 4) is 5.75 Å². The van der Waals surface area contributed by atoms with E-state index < -0.39 is 0 Å². The zero-order chi connectivity index (χ0) is 14.8. The summed E-state index contributed by atoms with van der Waals surface area (Å²) in [7, 11) is 1.64. The van der Waals surface area contributed by atoms with Gasteiger partial charge in [-0.2, -0.15) is 0 Å². The standard InChI is InChI=1S/C15H24N2O3/c1-4-17(5-2)15(18)12-16-13-7-6-8-14(11-13)20-10-9-19-3/h6-8,11,16H,4-5,9-10,12H2,1-3H3. The van der Waals surface area contributed by atoms with Gasteiger partial charge in [0.25, 0.3) is 0 Å². The first-order valence-electron chi connectivity index (χ1n) is 6.94. The second kappa shape index (κ2) is 9.20. The lowest BCUT2D eigenvalue weighted by molar-refractivity contribution is -0.128. The number of methoxy groups -OCH3 is 1. The molecule has 0 radical (unpaired) electrons. The summed E-state index contributed by atoms with van der Waals surface area (Å²) in [4.78, 5) is 13.7. The number of benzene rings is 1. The van der Waals surface area contributed by atoms with Crippen LogP contribution in [0.2, 0.25) is 0 Å². The molecule has 1 amide bonds. The Balaban J connectivity index is 2.47. The second-order valence-electron chi connectivity index (χ2n) is 4.29. The van der Waals surface area contributed by atoms with E-state index in [0.717, 1.165) is 24.5 Å². The molecule has 5 nitrogen and oxygen atoms in total. The Hall–Kier alpha value is -1.75. The van der Waals surface area contributed by atoms with Gasteiger partial charge in [0.2, 0.25) is 5.91 Å². The van der Waals surface area contributed by atoms with E-state index in [1.54, 1.807) is 12.0 Å². The van der Waals surface area contributed by atoms with Crippen molar-refractivity contribution in [2.24, 2.45) is 0 Å². The highest BCUT2D eigenvalue weighted by Gasteiger charge is 2.08. The number of hydrogen-bond acceptors (Lipinski definition) is 4. The van der Waals surface area contributed by atoms with Crippen LogP contribution in [0.25, 0.3) is 0 Å². The number of nitrogens with zero attached hydrogens (tertiary/aromatic N) is 1. The third kappa shape index (κ3) is 5.48. The van der Waals surface area contributed by atoms with Crippen molar-refractivity contribution >= 4 is 11.6 Å². The summed E-state index contributed by atoms with van der Waals surface area (Å²) in [6.07, 6.45) is 0. The minimum absolute atomic E-state index is 0.0979. The molecule has 1 aromatic carbocycles. The van der Waals surface area contributed by atoms with Crippen LogP contribution < -0.4 is 10.1 Å². The van der Waals surface area contributed by atoms with E-state index in [1.165, 1.54) is 0 Å². The molecule has 5 heteroatoms. The lowest BCUT2D eigenvalue weighted by Gasteiger charge is -2.19. The molecule has 0 aliphatic heterocycles. The first kappa shape index (κ1) is 16.3. The van der Waals surface area contributed by atoms with Crippen LogP contribution >= 0.6 is 0 Å². The van der Waals surface area contributed by atoms with Gasteiger partial charge in [-0.25, -0.2) is 0 Å². The third-order valence-electron chi connectivity index (χ3n) is 2.95. The van der Waals surface area contributed by atoms with Crippen LogP contribution in [0.3, 0.4) is 0 Å². The first-order valence-corrected chi connectivity index (χ1v) is 6.94. The normalized spacial score (nSPS) is 10.2. The van der Waals surface area contributed by atoms with Gasteiger partial charge >= 0.3 is 0 Å². The fraction of sp³-hybridized carbons (Fsp3) is 0.533. The number of likely N-dealkylation sites (N-methyl/N-ethyl adjacent to an activating group) is 1. The molecule has 0 aliphatic carbocycles. The molecule has 0 saturated heterocycles. The molecule has 0 unspecified atom stereocenters. The van der Waals surface area contributed by atoms with Gasteiger partial charge in [0, 0.05) is 32.0 Å². The number of ether oxygens (including phenoxy) is 2. The fourth-order valence-electron chi connectivity index (χ4n) is 1.80. The van der Waals surface area contributed by atoms with E-state index >= 15 is 0 Å². The van der Waals surface area contributed by atoms with E-state index in [0.29, 0.717) is 19.8 Å². The Labute approximate surface area is 120 Å². The van der Waals surface area contributed by atoms with Crippen LogP contribution in [-0.4, -0.2) is 50.8 Å². The average molecular weight is 280 g/mol. The molecule has 0 aromatic heterocycles. The van der Waals surface area contributed by atoms with Crippen LogP contribution in [0.1, 0.15) is 13.8 Å². The Morgan fingerprint density at radius 3 is 2.65 bits per heavy atom. The van der Waals surface area contributed by atoms with Gasteiger partial charge in [-0.15, -0.1) is 0 Å². The molecule has 1 N–H and O–H groups in total. The summed E-state index contributed by atoms with van der Waals surface area (Å²) in [6.45, 7) is 6.78. The summed E-state index contributed by atoms with van der Waals surface area (Å²) in [5.41, 5.74) is 0.875. The Kier molecular flexibility index (Phi) is 7.50. The Morgan fingerprint density at radius 1 is 1.25 bits per heavy atom. The number of hydrogen-bond donors (Lipinski definition) is 1. The van der Waals surface area contributed by atoms with Crippen molar-refractivity contribution in [3.05, 3.63) is 24.3 Å². The minimum atomic E-state index is 0.0979. The molecule has 0 aliphatic rings. The SMILES string of the molecule is CCN(CC)C(=O)CNc1cccc(OCCOC)c1. The van der Waals surface area contributed by atoms with Crippen molar-refractivity contribution in [1.82, 2.24) is 4.90 Å². The maximum atomic E-state index is 11.9. The highest BCUT2D eigenvalue weighted by Crippen LogP contribution is 2.17. The van der Waals surface area contributed by atoms with Gasteiger partial charge in [-0.05, 0) is 26.0 Å². The van der Waals surface area contributed by atoms with Crippen LogP contribution in [0.15, 0.2) is 24.3 Å². The van der Waals surface area contributed by atoms with Crippen LogP contribution in [0, 0.1) is 0 Å². The summed E-state index contributed by atoms with van der Waals surface area (Å²) in [6, 6.07) is 7.57. The average Bonchev–Trinajstić information content (AvgIpc) is 2.47. The molecule has 112 valence electrons. The summed E-state index contributed by atoms with van der Waals surface area (Å²) >= 11 is 0. The molecule has 20 heavy (non-hydrogen) atoms. The monoisotopic (exact) mass is 280 g/mol. The Morgan fingerprint density at radius 2 is 2.00 bits per heavy atom. The van der Waals surface area contributed by atoms with Gasteiger partial charge < -0.3 is 19.7 Å². The number of anilines is 1. The van der Waals surface area contributed by atoms with Gasteiger partial charge in [0.1, 0.15) is 12.4 Å². The molecule has 0 heterocycles. The molecule has 1 rings (SSSR count). The summed E-state index contributed by atoms with van der Waals surface area (Å²) in [5, 5.41) is 3.12. The van der Waals surface area contributed by atoms with E-state index in [1.807, 2.05) is 38.1 Å². The summed E-state index contributed by atoms with van der Waals surface area (Å²) in [5.74, 6) is 0.864.